The third-order valence-electron chi connectivity index (χ3n) is 15.4. The van der Waals surface area contributed by atoms with E-state index in [1.165, 1.54) is 5.56 Å². The van der Waals surface area contributed by atoms with Crippen LogP contribution in [0.3, 0.4) is 0 Å². The number of rotatable bonds is 19. The fourth-order valence-corrected chi connectivity index (χ4v) is 9.13. The van der Waals surface area contributed by atoms with Gasteiger partial charge in [0, 0.05) is 23.8 Å². The zero-order valence-corrected chi connectivity index (χ0v) is 61.8. The number of aliphatic hydroxyl groups excluding tert-OH is 3. The van der Waals surface area contributed by atoms with Gasteiger partial charge in [-0.05, 0) is 48.9 Å². The zero-order chi connectivity index (χ0) is 96.8. The van der Waals surface area contributed by atoms with Crippen molar-refractivity contribution in [3.63, 3.8) is 0 Å². The fourth-order valence-electron chi connectivity index (χ4n) is 9.13. The van der Waals surface area contributed by atoms with Crippen LogP contribution in [0.25, 0.3) is 33.4 Å². The molecule has 0 bridgehead atoms. The van der Waals surface area contributed by atoms with E-state index in [2.05, 4.69) is 36.7 Å². The van der Waals surface area contributed by atoms with Crippen LogP contribution < -0.4 is 18.9 Å². The van der Waals surface area contributed by atoms with Crippen LogP contribution >= 0.6 is 0 Å². The number of benzene rings is 9. The standard InChI is InChI=1S/C32H10F24O4.C14H10.C12F10.C9H8.C6H6F8O2.C2H6.CH4O.2CH4/c1-57-25-17(41)9(33)5(10(34)18(25)42)7-13(37)21(45)27(22(46)14(7)38)59-3-29(49,50)31(53,54)32(55,56)30(51,52)4-60-28-23(47)15(39)8(16(40)24(28)48)6-11(35)19(43)26(58-2)20(44)12(6)36;1-3-7-13(8-4-1)11-12-14-9-5-2-6-10-14;13-3-1(4(14)8(18)11(21)7(3)17)2-5(15)9(19)12(22)10(20)6(2)16;1-3-9-6-4-5-8(2)7-9;7-3(8,1-15)5(11,12)6(13,14)4(9,10)2-16;2*1-2;;/h3-4H2,1-2H3;1-10H;;1,4-7H,2H3;15-16H,1-2H2;1-2H3;2H,1H3;2*1H4. The second kappa shape index (κ2) is 44.6. The summed E-state index contributed by atoms with van der Waals surface area (Å²) in [6.45, 7) is -6.88. The summed E-state index contributed by atoms with van der Waals surface area (Å²) in [5, 5.41) is 22.5. The van der Waals surface area contributed by atoms with Gasteiger partial charge in [-0.15, -0.1) is 6.42 Å². The minimum Gasteiger partial charge on any atom is -0.491 e. The van der Waals surface area contributed by atoms with Gasteiger partial charge in [0.05, 0.1) is 47.6 Å². The van der Waals surface area contributed by atoms with E-state index in [0.29, 0.717) is 14.2 Å². The molecule has 0 aliphatic heterocycles. The SMILES string of the molecule is C.C.C#Cc1cccc(C)c1.C(#Cc1ccccc1)c1ccccc1.CC.CO.COc1c(F)c(F)c(-c2c(F)c(F)c(OCC(F)(F)C(F)(F)C(F)(F)C(F)(F)COc3c(F)c(F)c(-c4c(F)c(F)c(OC)c(F)c4F)c(F)c3F)c(F)c2F)c(F)c1F.Fc1c(F)c(F)c(-c2c(F)c(F)c(F)c(F)c2F)c(F)c1F.OCC(F)(F)C(F)(F)C(F)(F)C(F)(F)CO. The molecule has 0 saturated heterocycles. The first-order chi connectivity index (χ1) is 57.7. The summed E-state index contributed by atoms with van der Waals surface area (Å²) in [5.74, 6) is -129. The lowest BCUT2D eigenvalue weighted by molar-refractivity contribution is -0.373. The third kappa shape index (κ3) is 22.4. The number of hydrogen-bond donors (Lipinski definition) is 3. The van der Waals surface area contributed by atoms with Crippen molar-refractivity contribution < 1.29 is 219 Å². The summed E-state index contributed by atoms with van der Waals surface area (Å²) in [5.41, 5.74) is -10.8. The molecule has 49 heteroatoms. The topological polar surface area (TPSA) is 97.6 Å². The predicted octanol–water partition coefficient (Wildman–Crippen LogP) is 24.5. The molecule has 700 valence electrons. The van der Waals surface area contributed by atoms with E-state index in [4.69, 9.17) is 21.7 Å². The maximum absolute atomic E-state index is 14.7. The highest BCUT2D eigenvalue weighted by atomic mass is 19.4. The first-order valence-electron chi connectivity index (χ1n) is 32.3. The molecule has 9 rings (SSSR count). The van der Waals surface area contributed by atoms with Gasteiger partial charge in [0.25, 0.3) is 0 Å². The summed E-state index contributed by atoms with van der Waals surface area (Å²) in [6.07, 6.45) is 5.17. The molecular formula is C78H52F42O7. The van der Waals surface area contributed by atoms with Gasteiger partial charge in [-0.1, -0.05) is 95.0 Å². The molecule has 127 heavy (non-hydrogen) atoms. The largest absolute Gasteiger partial charge is 0.491 e. The van der Waals surface area contributed by atoms with Gasteiger partial charge in [-0.2, -0.15) is 105 Å². The Morgan fingerprint density at radius 2 is 0.465 bits per heavy atom. The van der Waals surface area contributed by atoms with E-state index >= 15 is 0 Å². The first kappa shape index (κ1) is 113. The Kier molecular flexibility index (Phi) is 39.8. The number of aryl methyl sites for hydroxylation is 1. The monoisotopic (exact) mass is 1900 g/mol. The number of methoxy groups -OCH3 is 2. The van der Waals surface area contributed by atoms with E-state index in [1.54, 1.807) is 0 Å². The van der Waals surface area contributed by atoms with Crippen molar-refractivity contribution in [1.82, 2.24) is 0 Å². The lowest BCUT2D eigenvalue weighted by atomic mass is 9.99. The number of hydrogen-bond acceptors (Lipinski definition) is 7. The third-order valence-corrected chi connectivity index (χ3v) is 15.4. The highest BCUT2D eigenvalue weighted by Gasteiger charge is 2.82. The number of halogens is 42. The molecule has 0 heterocycles. The van der Waals surface area contributed by atoms with Gasteiger partial charge in [0.1, 0.15) is 13.2 Å². The van der Waals surface area contributed by atoms with Crippen LogP contribution in [0.15, 0.2) is 84.9 Å². The normalized spacial score (nSPS) is 11.5. The summed E-state index contributed by atoms with van der Waals surface area (Å²) < 4.78 is 591. The van der Waals surface area contributed by atoms with Crippen molar-refractivity contribution in [2.45, 2.75) is 83.0 Å². The molecular weight excluding hydrogens is 1850 g/mol. The van der Waals surface area contributed by atoms with Crippen molar-refractivity contribution >= 4 is 0 Å². The number of terminal acetylenes is 1. The molecule has 3 N–H and O–H groups in total. The van der Waals surface area contributed by atoms with Crippen LogP contribution in [0.2, 0.25) is 0 Å². The molecule has 7 nitrogen and oxygen atoms in total. The second-order valence-electron chi connectivity index (χ2n) is 23.1. The number of ether oxygens (including phenoxy) is 4. The summed E-state index contributed by atoms with van der Waals surface area (Å²) in [7, 11) is 1.81. The summed E-state index contributed by atoms with van der Waals surface area (Å²) >= 11 is 0. The van der Waals surface area contributed by atoms with Crippen molar-refractivity contribution in [3.8, 4) is 80.6 Å². The van der Waals surface area contributed by atoms with Gasteiger partial charge in [0.15, 0.2) is 129 Å². The number of alkyl halides is 16. The van der Waals surface area contributed by atoms with Crippen molar-refractivity contribution in [2.75, 3.05) is 47.8 Å². The molecule has 0 aromatic heterocycles. The molecule has 9 aromatic rings. The Bertz CT molecular complexity index is 4980. The van der Waals surface area contributed by atoms with Crippen LogP contribution in [0.4, 0.5) is 184 Å². The summed E-state index contributed by atoms with van der Waals surface area (Å²) in [6, 6.07) is 27.9. The minimum atomic E-state index is -7.67. The van der Waals surface area contributed by atoms with E-state index in [9.17, 15) is 184 Å². The maximum Gasteiger partial charge on any atom is 0.381 e. The van der Waals surface area contributed by atoms with Crippen molar-refractivity contribution in [2.24, 2.45) is 0 Å². The fraction of sp³-hybridized carbons (Fsp3) is 0.256. The Hall–Kier alpha value is -11.8. The average Bonchev–Trinajstić information content (AvgIpc) is 0.737. The van der Waals surface area contributed by atoms with Gasteiger partial charge in [-0.3, -0.25) is 0 Å². The van der Waals surface area contributed by atoms with Gasteiger partial charge in [0.2, 0.25) is 58.2 Å². The molecule has 0 atom stereocenters. The maximum atomic E-state index is 14.7. The second-order valence-corrected chi connectivity index (χ2v) is 23.1. The minimum absolute atomic E-state index is 0. The molecule has 0 amide bonds. The van der Waals surface area contributed by atoms with Crippen molar-refractivity contribution in [1.29, 1.82) is 0 Å². The summed E-state index contributed by atoms with van der Waals surface area (Å²) in [4.78, 5) is 0. The lowest BCUT2D eigenvalue weighted by Gasteiger charge is -2.36. The Balaban J connectivity index is 0.000000965. The van der Waals surface area contributed by atoms with Crippen molar-refractivity contribution in [3.05, 3.63) is 258 Å². The molecule has 0 spiro atoms. The average molecular weight is 1900 g/mol. The molecule has 0 aliphatic rings. The molecule has 0 fully saturated rings. The van der Waals surface area contributed by atoms with Crippen LogP contribution in [0.1, 0.15) is 51.0 Å². The Labute approximate surface area is 686 Å². The van der Waals surface area contributed by atoms with Crippen LogP contribution in [0, 0.1) is 182 Å². The Morgan fingerprint density at radius 3 is 0.654 bits per heavy atom. The van der Waals surface area contributed by atoms with E-state index in [-0.39, 0.29) is 14.9 Å². The van der Waals surface area contributed by atoms with Gasteiger partial charge in [-0.25, -0.2) is 79.0 Å². The molecule has 0 aliphatic carbocycles. The number of aliphatic hydroxyl groups is 3. The first-order valence-corrected chi connectivity index (χ1v) is 32.3. The van der Waals surface area contributed by atoms with Gasteiger partial charge < -0.3 is 34.3 Å². The van der Waals surface area contributed by atoms with Crippen LogP contribution in [0.5, 0.6) is 23.0 Å². The quantitative estimate of drug-likeness (QED) is 0.0321. The molecule has 0 saturated carbocycles. The zero-order valence-electron chi connectivity index (χ0n) is 61.8. The van der Waals surface area contributed by atoms with E-state index < -0.39 is 281 Å². The van der Waals surface area contributed by atoms with Gasteiger partial charge >= 0.3 is 47.4 Å². The lowest BCUT2D eigenvalue weighted by Crippen LogP contribution is -2.65. The van der Waals surface area contributed by atoms with Crippen LogP contribution in [-0.4, -0.2) is 110 Å². The van der Waals surface area contributed by atoms with Crippen LogP contribution in [-0.2, 0) is 0 Å². The van der Waals surface area contributed by atoms with E-state index in [1.807, 2.05) is 106 Å². The van der Waals surface area contributed by atoms with E-state index in [0.717, 1.165) is 23.8 Å². The smallest absolute Gasteiger partial charge is 0.381 e. The Morgan fingerprint density at radius 1 is 0.276 bits per heavy atom. The highest BCUT2D eigenvalue weighted by molar-refractivity contribution is 5.71. The molecule has 0 radical (unpaired) electrons. The highest BCUT2D eigenvalue weighted by Crippen LogP contribution is 2.55. The molecule has 9 aromatic carbocycles. The predicted molar refractivity (Wildman–Crippen MR) is 363 cm³/mol. The molecule has 0 unspecified atom stereocenters.